The molecule has 1 fully saturated rings. The molecule has 2 amide bonds. The maximum absolute atomic E-state index is 12.5. The molecule has 27 heavy (non-hydrogen) atoms. The number of ether oxygens (including phenoxy) is 2. The molecule has 0 saturated carbocycles. The average molecular weight is 394 g/mol. The Bertz CT molecular complexity index is 902. The summed E-state index contributed by atoms with van der Waals surface area (Å²) in [4.78, 5) is 39.4. The molecule has 1 aliphatic rings. The quantitative estimate of drug-likeness (QED) is 0.693. The number of nitrogens with one attached hydrogen (secondary N) is 3. The first-order valence-electron chi connectivity index (χ1n) is 8.38. The van der Waals surface area contributed by atoms with Crippen molar-refractivity contribution in [1.29, 1.82) is 0 Å². The molecular formula is C18H20ClN3O5. The Balaban J connectivity index is 1.70. The van der Waals surface area contributed by atoms with Crippen molar-refractivity contribution in [2.45, 2.75) is 38.5 Å². The third-order valence-corrected chi connectivity index (χ3v) is 4.11. The van der Waals surface area contributed by atoms with Gasteiger partial charge in [0.05, 0.1) is 6.04 Å². The number of amides is 2. The van der Waals surface area contributed by atoms with Crippen molar-refractivity contribution >= 4 is 40.5 Å². The highest BCUT2D eigenvalue weighted by atomic mass is 35.5. The Morgan fingerprint density at radius 1 is 1.26 bits per heavy atom. The van der Waals surface area contributed by atoms with Crippen LogP contribution < -0.4 is 10.6 Å². The number of alkyl carbamates (subject to hydrolysis) is 1. The minimum atomic E-state index is -1.01. The van der Waals surface area contributed by atoms with E-state index < -0.39 is 35.7 Å². The summed E-state index contributed by atoms with van der Waals surface area (Å²) in [6, 6.07) is 5.08. The molecule has 3 N–H and O–H groups in total. The molecule has 144 valence electrons. The second-order valence-electron chi connectivity index (χ2n) is 7.25. The number of carbonyl (C=O) groups is 3. The minimum Gasteiger partial charge on any atom is -0.462 e. The molecule has 0 radical (unpaired) electrons. The monoisotopic (exact) mass is 393 g/mol. The first kappa shape index (κ1) is 19.0. The van der Waals surface area contributed by atoms with Crippen LogP contribution in [0.1, 0.15) is 31.3 Å². The summed E-state index contributed by atoms with van der Waals surface area (Å²) in [7, 11) is 0. The third kappa shape index (κ3) is 4.51. The van der Waals surface area contributed by atoms with E-state index in [0.29, 0.717) is 5.02 Å². The Morgan fingerprint density at radius 2 is 2.00 bits per heavy atom. The topological polar surface area (TPSA) is 110 Å². The molecule has 0 bridgehead atoms. The van der Waals surface area contributed by atoms with Crippen LogP contribution in [-0.2, 0) is 14.3 Å². The largest absolute Gasteiger partial charge is 0.462 e. The lowest BCUT2D eigenvalue weighted by Gasteiger charge is -2.23. The van der Waals surface area contributed by atoms with Crippen LogP contribution in [0, 0.1) is 0 Å². The summed E-state index contributed by atoms with van der Waals surface area (Å²) in [6.45, 7) is 5.13. The van der Waals surface area contributed by atoms with Crippen molar-refractivity contribution in [2.75, 3.05) is 6.61 Å². The highest BCUT2D eigenvalue weighted by Gasteiger charge is 2.40. The number of aromatic amines is 1. The van der Waals surface area contributed by atoms with Gasteiger partial charge in [0, 0.05) is 15.9 Å². The maximum Gasteiger partial charge on any atom is 0.408 e. The van der Waals surface area contributed by atoms with Gasteiger partial charge in [-0.25, -0.2) is 9.59 Å². The number of hydrogen-bond acceptors (Lipinski definition) is 5. The van der Waals surface area contributed by atoms with Crippen LogP contribution in [0.4, 0.5) is 4.79 Å². The van der Waals surface area contributed by atoms with Gasteiger partial charge in [0.2, 0.25) is 0 Å². The molecule has 0 unspecified atom stereocenters. The van der Waals surface area contributed by atoms with E-state index in [0.717, 1.165) is 10.9 Å². The molecule has 2 heterocycles. The lowest BCUT2D eigenvalue weighted by molar-refractivity contribution is -0.139. The van der Waals surface area contributed by atoms with Crippen LogP contribution in [-0.4, -0.2) is 47.2 Å². The predicted molar refractivity (Wildman–Crippen MR) is 98.7 cm³/mol. The van der Waals surface area contributed by atoms with Crippen LogP contribution in [0.15, 0.2) is 24.3 Å². The van der Waals surface area contributed by atoms with Crippen LogP contribution in [0.25, 0.3) is 10.9 Å². The number of halogens is 1. The summed E-state index contributed by atoms with van der Waals surface area (Å²) >= 11 is 5.95. The number of benzene rings is 1. The van der Waals surface area contributed by atoms with Crippen LogP contribution in [0.3, 0.4) is 0 Å². The molecule has 3 rings (SSSR count). The number of hydrogen-bond donors (Lipinski definition) is 3. The molecule has 1 aromatic carbocycles. The molecule has 9 heteroatoms. The fraction of sp³-hybridized carbons (Fsp3) is 0.389. The number of aromatic nitrogens is 1. The van der Waals surface area contributed by atoms with E-state index >= 15 is 0 Å². The molecule has 0 aliphatic carbocycles. The number of carbonyl (C=O) groups excluding carboxylic acids is 3. The van der Waals surface area contributed by atoms with Gasteiger partial charge >= 0.3 is 12.1 Å². The summed E-state index contributed by atoms with van der Waals surface area (Å²) in [5.41, 5.74) is 0.322. The third-order valence-electron chi connectivity index (χ3n) is 3.88. The average Bonchev–Trinajstić information content (AvgIpc) is 3.10. The fourth-order valence-corrected chi connectivity index (χ4v) is 2.89. The Labute approximate surface area is 160 Å². The summed E-state index contributed by atoms with van der Waals surface area (Å²) < 4.78 is 10.1. The smallest absolute Gasteiger partial charge is 0.408 e. The van der Waals surface area contributed by atoms with Gasteiger partial charge in [0.15, 0.2) is 6.04 Å². The second kappa shape index (κ2) is 7.11. The number of H-pyrrole nitrogens is 1. The van der Waals surface area contributed by atoms with E-state index in [1.54, 1.807) is 45.0 Å². The van der Waals surface area contributed by atoms with E-state index in [-0.39, 0.29) is 12.3 Å². The summed E-state index contributed by atoms with van der Waals surface area (Å²) in [5.74, 6) is -1.12. The highest BCUT2D eigenvalue weighted by Crippen LogP contribution is 2.20. The molecular weight excluding hydrogens is 374 g/mol. The van der Waals surface area contributed by atoms with Gasteiger partial charge in [-0.1, -0.05) is 11.6 Å². The standard InChI is InChI=1S/C18H20ClN3O5/c1-18(2,3)27-17(25)21-13-8-26-16(24)14(13)22-15(23)12-7-9-6-10(19)4-5-11(9)20-12/h4-7,13-14,20H,8H2,1-3H3,(H,21,25)(H,22,23)/t13-,14+/m1/s1. The van der Waals surface area contributed by atoms with Crippen molar-refractivity contribution < 1.29 is 23.9 Å². The van der Waals surface area contributed by atoms with Crippen molar-refractivity contribution in [3.8, 4) is 0 Å². The molecule has 1 saturated heterocycles. The lowest BCUT2D eigenvalue weighted by atomic mass is 10.1. The summed E-state index contributed by atoms with van der Waals surface area (Å²) in [5, 5.41) is 6.47. The van der Waals surface area contributed by atoms with E-state index in [1.807, 2.05) is 0 Å². The van der Waals surface area contributed by atoms with E-state index in [4.69, 9.17) is 21.1 Å². The molecule has 1 aliphatic heterocycles. The Hall–Kier alpha value is -2.74. The zero-order valence-corrected chi connectivity index (χ0v) is 15.8. The normalized spacial score (nSPS) is 19.6. The van der Waals surface area contributed by atoms with Crippen molar-refractivity contribution in [3.63, 3.8) is 0 Å². The Morgan fingerprint density at radius 3 is 2.70 bits per heavy atom. The van der Waals surface area contributed by atoms with Crippen LogP contribution in [0.2, 0.25) is 5.02 Å². The first-order valence-corrected chi connectivity index (χ1v) is 8.75. The summed E-state index contributed by atoms with van der Waals surface area (Å²) in [6.07, 6.45) is -0.690. The number of rotatable bonds is 3. The zero-order chi connectivity index (χ0) is 19.8. The first-order chi connectivity index (χ1) is 12.6. The number of esters is 1. The van der Waals surface area contributed by atoms with Gasteiger partial charge in [-0.3, -0.25) is 4.79 Å². The van der Waals surface area contributed by atoms with Crippen molar-refractivity contribution in [3.05, 3.63) is 35.0 Å². The molecule has 8 nitrogen and oxygen atoms in total. The maximum atomic E-state index is 12.5. The molecule has 2 aromatic rings. The molecule has 0 spiro atoms. The zero-order valence-electron chi connectivity index (χ0n) is 15.1. The van der Waals surface area contributed by atoms with Crippen LogP contribution >= 0.6 is 11.6 Å². The van der Waals surface area contributed by atoms with Gasteiger partial charge in [-0.2, -0.15) is 0 Å². The van der Waals surface area contributed by atoms with Crippen LogP contribution in [0.5, 0.6) is 0 Å². The minimum absolute atomic E-state index is 0.0503. The molecule has 1 aromatic heterocycles. The van der Waals surface area contributed by atoms with E-state index in [9.17, 15) is 14.4 Å². The molecule has 2 atom stereocenters. The van der Waals surface area contributed by atoms with Gasteiger partial charge in [-0.15, -0.1) is 0 Å². The predicted octanol–water partition coefficient (Wildman–Crippen LogP) is 2.37. The SMILES string of the molecule is CC(C)(C)OC(=O)N[C@@H]1COC(=O)[C@H]1NC(=O)c1cc2cc(Cl)ccc2[nH]1. The van der Waals surface area contributed by atoms with Crippen molar-refractivity contribution in [2.24, 2.45) is 0 Å². The van der Waals surface area contributed by atoms with Gasteiger partial charge in [0.1, 0.15) is 17.9 Å². The highest BCUT2D eigenvalue weighted by molar-refractivity contribution is 6.31. The Kier molecular flexibility index (Phi) is 5.01. The van der Waals surface area contributed by atoms with Crippen molar-refractivity contribution in [1.82, 2.24) is 15.6 Å². The van der Waals surface area contributed by atoms with E-state index in [1.165, 1.54) is 0 Å². The van der Waals surface area contributed by atoms with Gasteiger partial charge in [-0.05, 0) is 45.0 Å². The van der Waals surface area contributed by atoms with Gasteiger partial charge < -0.3 is 25.1 Å². The number of cyclic esters (lactones) is 1. The van der Waals surface area contributed by atoms with Gasteiger partial charge in [0.25, 0.3) is 5.91 Å². The fourth-order valence-electron chi connectivity index (χ4n) is 2.71. The van der Waals surface area contributed by atoms with E-state index in [2.05, 4.69) is 15.6 Å². The number of fused-ring (bicyclic) bond motifs is 1. The second-order valence-corrected chi connectivity index (χ2v) is 7.68. The lowest BCUT2D eigenvalue weighted by Crippen LogP contribution is -2.53.